The molecule has 0 radical (unpaired) electrons. The highest BCUT2D eigenvalue weighted by Gasteiger charge is 2.20. The van der Waals surface area contributed by atoms with Crippen molar-refractivity contribution >= 4 is 29.2 Å². The van der Waals surface area contributed by atoms with E-state index in [1.165, 1.54) is 6.20 Å². The summed E-state index contributed by atoms with van der Waals surface area (Å²) in [6, 6.07) is 7.35. The number of piperazine rings is 1. The van der Waals surface area contributed by atoms with E-state index in [-0.39, 0.29) is 17.5 Å². The Labute approximate surface area is 157 Å². The van der Waals surface area contributed by atoms with Crippen molar-refractivity contribution in [2.24, 2.45) is 0 Å². The minimum Gasteiger partial charge on any atom is -0.352 e. The van der Waals surface area contributed by atoms with E-state index in [1.807, 2.05) is 18.2 Å². The third kappa shape index (κ3) is 4.29. The van der Waals surface area contributed by atoms with E-state index in [0.29, 0.717) is 43.6 Å². The van der Waals surface area contributed by atoms with Gasteiger partial charge in [0.2, 0.25) is 5.91 Å². The standard InChI is InChI=1S/C18H20ClN5O2/c1-13(25)23-6-8-24(9-7-23)17-12-20-16(11-21-17)18(26)22-10-14-4-2-3-5-15(14)19/h2-5,11-12H,6-10H2,1H3,(H,22,26). The molecule has 1 saturated heterocycles. The van der Waals surface area contributed by atoms with E-state index < -0.39 is 0 Å². The van der Waals surface area contributed by atoms with Crippen LogP contribution in [0, 0.1) is 0 Å². The SMILES string of the molecule is CC(=O)N1CCN(c2cnc(C(=O)NCc3ccccc3Cl)cn2)CC1. The maximum absolute atomic E-state index is 12.2. The molecule has 2 aromatic rings. The fraction of sp³-hybridized carbons (Fsp3) is 0.333. The van der Waals surface area contributed by atoms with E-state index in [4.69, 9.17) is 11.6 Å². The monoisotopic (exact) mass is 373 g/mol. The van der Waals surface area contributed by atoms with E-state index in [9.17, 15) is 9.59 Å². The van der Waals surface area contributed by atoms with Gasteiger partial charge in [0.15, 0.2) is 0 Å². The zero-order valence-corrected chi connectivity index (χ0v) is 15.2. The summed E-state index contributed by atoms with van der Waals surface area (Å²) < 4.78 is 0. The van der Waals surface area contributed by atoms with Crippen LogP contribution in [0.25, 0.3) is 0 Å². The number of nitrogens with zero attached hydrogens (tertiary/aromatic N) is 4. The van der Waals surface area contributed by atoms with Crippen molar-refractivity contribution in [3.05, 3.63) is 52.9 Å². The van der Waals surface area contributed by atoms with Gasteiger partial charge in [0.25, 0.3) is 5.91 Å². The number of rotatable bonds is 4. The Bertz CT molecular complexity index is 788. The van der Waals surface area contributed by atoms with Gasteiger partial charge in [-0.1, -0.05) is 29.8 Å². The molecule has 8 heteroatoms. The summed E-state index contributed by atoms with van der Waals surface area (Å²) in [6.45, 7) is 4.63. The van der Waals surface area contributed by atoms with Gasteiger partial charge in [-0.15, -0.1) is 0 Å². The number of aromatic nitrogens is 2. The van der Waals surface area contributed by atoms with E-state index in [1.54, 1.807) is 24.1 Å². The van der Waals surface area contributed by atoms with Crippen molar-refractivity contribution in [1.82, 2.24) is 20.2 Å². The Morgan fingerprint density at radius 1 is 1.12 bits per heavy atom. The lowest BCUT2D eigenvalue weighted by atomic mass is 10.2. The molecular formula is C18H20ClN5O2. The minimum absolute atomic E-state index is 0.0845. The van der Waals surface area contributed by atoms with Crippen molar-refractivity contribution in [1.29, 1.82) is 0 Å². The molecule has 0 spiro atoms. The van der Waals surface area contributed by atoms with Crippen LogP contribution in [0.15, 0.2) is 36.7 Å². The van der Waals surface area contributed by atoms with Gasteiger partial charge in [-0.3, -0.25) is 9.59 Å². The summed E-state index contributed by atoms with van der Waals surface area (Å²) in [7, 11) is 0. The summed E-state index contributed by atoms with van der Waals surface area (Å²) >= 11 is 6.08. The molecule has 2 heterocycles. The molecule has 1 aliphatic rings. The van der Waals surface area contributed by atoms with E-state index >= 15 is 0 Å². The predicted molar refractivity (Wildman–Crippen MR) is 99.1 cm³/mol. The number of benzene rings is 1. The van der Waals surface area contributed by atoms with Crippen molar-refractivity contribution in [3.8, 4) is 0 Å². The van der Waals surface area contributed by atoms with Crippen LogP contribution in [0.2, 0.25) is 5.02 Å². The molecule has 1 N–H and O–H groups in total. The summed E-state index contributed by atoms with van der Waals surface area (Å²) in [5.41, 5.74) is 1.10. The third-order valence-electron chi connectivity index (χ3n) is 4.32. The van der Waals surface area contributed by atoms with Crippen molar-refractivity contribution in [2.45, 2.75) is 13.5 Å². The van der Waals surface area contributed by atoms with Crippen LogP contribution < -0.4 is 10.2 Å². The van der Waals surface area contributed by atoms with Gasteiger partial charge in [-0.2, -0.15) is 0 Å². The molecule has 136 valence electrons. The molecule has 1 fully saturated rings. The normalized spacial score (nSPS) is 14.2. The van der Waals surface area contributed by atoms with Crippen molar-refractivity contribution in [2.75, 3.05) is 31.1 Å². The Kier molecular flexibility index (Phi) is 5.68. The first-order valence-corrected chi connectivity index (χ1v) is 8.76. The molecule has 0 atom stereocenters. The third-order valence-corrected chi connectivity index (χ3v) is 4.69. The molecule has 1 aromatic heterocycles. The zero-order valence-electron chi connectivity index (χ0n) is 14.5. The minimum atomic E-state index is -0.301. The number of amides is 2. The largest absolute Gasteiger partial charge is 0.352 e. The number of nitrogens with one attached hydrogen (secondary N) is 1. The molecule has 0 bridgehead atoms. The molecular weight excluding hydrogens is 354 g/mol. The molecule has 26 heavy (non-hydrogen) atoms. The Morgan fingerprint density at radius 3 is 2.46 bits per heavy atom. The summed E-state index contributed by atoms with van der Waals surface area (Å²) in [5, 5.41) is 3.40. The predicted octanol–water partition coefficient (Wildman–Crippen LogP) is 1.73. The fourth-order valence-corrected chi connectivity index (χ4v) is 2.96. The molecule has 2 amide bonds. The second-order valence-corrected chi connectivity index (χ2v) is 6.43. The molecule has 1 aliphatic heterocycles. The van der Waals surface area contributed by atoms with Gasteiger partial charge in [-0.05, 0) is 11.6 Å². The average Bonchev–Trinajstić information content (AvgIpc) is 2.67. The molecule has 0 unspecified atom stereocenters. The van der Waals surface area contributed by atoms with Gasteiger partial charge in [-0.25, -0.2) is 9.97 Å². The number of halogens is 1. The van der Waals surface area contributed by atoms with Crippen molar-refractivity contribution in [3.63, 3.8) is 0 Å². The van der Waals surface area contributed by atoms with Crippen LogP contribution in [-0.4, -0.2) is 52.9 Å². The zero-order chi connectivity index (χ0) is 18.5. The van der Waals surface area contributed by atoms with Crippen LogP contribution in [0.3, 0.4) is 0 Å². The smallest absolute Gasteiger partial charge is 0.271 e. The van der Waals surface area contributed by atoms with Crippen LogP contribution in [0.4, 0.5) is 5.82 Å². The van der Waals surface area contributed by atoms with Gasteiger partial charge in [0.05, 0.1) is 12.4 Å². The first-order valence-electron chi connectivity index (χ1n) is 8.38. The van der Waals surface area contributed by atoms with Gasteiger partial charge in [0, 0.05) is 44.7 Å². The van der Waals surface area contributed by atoms with Crippen LogP contribution >= 0.6 is 11.6 Å². The van der Waals surface area contributed by atoms with Crippen LogP contribution in [-0.2, 0) is 11.3 Å². The average molecular weight is 374 g/mol. The second kappa shape index (κ2) is 8.14. The number of hydrogen-bond donors (Lipinski definition) is 1. The lowest BCUT2D eigenvalue weighted by molar-refractivity contribution is -0.129. The molecule has 3 rings (SSSR count). The summed E-state index contributed by atoms with van der Waals surface area (Å²) in [4.78, 5) is 36.0. The summed E-state index contributed by atoms with van der Waals surface area (Å²) in [5.74, 6) is 0.488. The van der Waals surface area contributed by atoms with Crippen LogP contribution in [0.1, 0.15) is 23.0 Å². The van der Waals surface area contributed by atoms with Crippen LogP contribution in [0.5, 0.6) is 0 Å². The maximum atomic E-state index is 12.2. The van der Waals surface area contributed by atoms with E-state index in [2.05, 4.69) is 20.2 Å². The van der Waals surface area contributed by atoms with Gasteiger partial charge in [0.1, 0.15) is 11.5 Å². The first-order chi connectivity index (χ1) is 12.5. The lowest BCUT2D eigenvalue weighted by Crippen LogP contribution is -2.48. The quantitative estimate of drug-likeness (QED) is 0.883. The molecule has 0 saturated carbocycles. The highest BCUT2D eigenvalue weighted by molar-refractivity contribution is 6.31. The number of anilines is 1. The van der Waals surface area contributed by atoms with Gasteiger partial charge >= 0.3 is 0 Å². The Hall–Kier alpha value is -2.67. The number of carbonyl (C=O) groups is 2. The first kappa shape index (κ1) is 18.1. The molecule has 0 aliphatic carbocycles. The number of hydrogen-bond acceptors (Lipinski definition) is 5. The number of carbonyl (C=O) groups excluding carboxylic acids is 2. The topological polar surface area (TPSA) is 78.4 Å². The second-order valence-electron chi connectivity index (χ2n) is 6.03. The highest BCUT2D eigenvalue weighted by Crippen LogP contribution is 2.15. The fourth-order valence-electron chi connectivity index (χ4n) is 2.76. The molecule has 7 nitrogen and oxygen atoms in total. The Balaban J connectivity index is 1.56. The molecule has 1 aromatic carbocycles. The van der Waals surface area contributed by atoms with Crippen molar-refractivity contribution < 1.29 is 9.59 Å². The van der Waals surface area contributed by atoms with E-state index in [0.717, 1.165) is 5.56 Å². The lowest BCUT2D eigenvalue weighted by Gasteiger charge is -2.34. The van der Waals surface area contributed by atoms with Gasteiger partial charge < -0.3 is 15.1 Å². The maximum Gasteiger partial charge on any atom is 0.271 e. The summed E-state index contributed by atoms with van der Waals surface area (Å²) in [6.07, 6.45) is 3.06. The highest BCUT2D eigenvalue weighted by atomic mass is 35.5. The Morgan fingerprint density at radius 2 is 1.85 bits per heavy atom.